The van der Waals surface area contributed by atoms with Gasteiger partial charge in [-0.2, -0.15) is 10.2 Å². The smallest absolute Gasteiger partial charge is 0.269 e. The van der Waals surface area contributed by atoms with Crippen LogP contribution in [0.15, 0.2) is 86.2 Å². The van der Waals surface area contributed by atoms with Gasteiger partial charge in [0.2, 0.25) is 0 Å². The first kappa shape index (κ1) is 25.6. The summed E-state index contributed by atoms with van der Waals surface area (Å²) in [5.41, 5.74) is 11.2. The Morgan fingerprint density at radius 1 is 0.889 bits per heavy atom. The van der Waals surface area contributed by atoms with Crippen LogP contribution in [-0.4, -0.2) is 39.3 Å². The number of nitro benzene ring substituents is 1. The third-order valence-electron chi connectivity index (χ3n) is 4.98. The van der Waals surface area contributed by atoms with Gasteiger partial charge in [0, 0.05) is 55.0 Å². The number of azide groups is 1. The molecule has 184 valence electrons. The Balaban J connectivity index is 1.78. The maximum Gasteiger partial charge on any atom is 0.269 e. The molecule has 0 radical (unpaired) electrons. The maximum atomic E-state index is 10.8. The molecule has 13 nitrogen and oxygen atoms in total. The van der Waals surface area contributed by atoms with E-state index in [1.54, 1.807) is 12.1 Å². The van der Waals surface area contributed by atoms with Crippen molar-refractivity contribution in [2.24, 2.45) is 25.6 Å². The first-order valence-electron chi connectivity index (χ1n) is 10.6. The monoisotopic (exact) mass is 489 g/mol. The van der Waals surface area contributed by atoms with Crippen LogP contribution in [0.1, 0.15) is 0 Å². The van der Waals surface area contributed by atoms with Crippen LogP contribution in [0.4, 0.5) is 34.1 Å². The molecule has 0 saturated carbocycles. The Labute approximate surface area is 206 Å². The molecule has 0 spiro atoms. The number of azo groups is 2. The Morgan fingerprint density at radius 2 is 1.39 bits per heavy atom. The number of nitro groups is 1. The van der Waals surface area contributed by atoms with E-state index in [4.69, 9.17) is 15.0 Å². The topological polar surface area (TPSA) is 163 Å². The number of ether oxygens (including phenoxy) is 2. The molecular weight excluding hydrogens is 466 g/mol. The van der Waals surface area contributed by atoms with E-state index in [-0.39, 0.29) is 5.69 Å². The Kier molecular flexibility index (Phi) is 8.84. The summed E-state index contributed by atoms with van der Waals surface area (Å²) in [5, 5.41) is 31.2. The summed E-state index contributed by atoms with van der Waals surface area (Å²) >= 11 is 0. The number of hydrogen-bond donors (Lipinski definition) is 0. The van der Waals surface area contributed by atoms with E-state index < -0.39 is 4.92 Å². The molecule has 0 aliphatic carbocycles. The van der Waals surface area contributed by atoms with Gasteiger partial charge in [0.15, 0.2) is 0 Å². The van der Waals surface area contributed by atoms with Crippen molar-refractivity contribution in [2.45, 2.75) is 0 Å². The van der Waals surface area contributed by atoms with E-state index in [1.165, 1.54) is 38.5 Å². The van der Waals surface area contributed by atoms with E-state index in [9.17, 15) is 10.1 Å². The average Bonchev–Trinajstić information content (AvgIpc) is 2.91. The number of rotatable bonds is 11. The molecule has 0 saturated heterocycles. The van der Waals surface area contributed by atoms with Crippen LogP contribution < -0.4 is 14.4 Å². The first-order chi connectivity index (χ1) is 17.4. The van der Waals surface area contributed by atoms with Crippen molar-refractivity contribution in [3.05, 3.63) is 81.2 Å². The van der Waals surface area contributed by atoms with Gasteiger partial charge < -0.3 is 14.4 Å². The lowest BCUT2D eigenvalue weighted by atomic mass is 10.2. The zero-order chi connectivity index (χ0) is 25.9. The highest BCUT2D eigenvalue weighted by molar-refractivity contribution is 5.66. The maximum absolute atomic E-state index is 10.8. The molecular formula is C23H23N9O4. The molecule has 0 atom stereocenters. The van der Waals surface area contributed by atoms with Gasteiger partial charge in [0.05, 0.1) is 30.5 Å². The highest BCUT2D eigenvalue weighted by atomic mass is 16.6. The van der Waals surface area contributed by atoms with Crippen molar-refractivity contribution < 1.29 is 14.4 Å². The van der Waals surface area contributed by atoms with E-state index in [1.807, 2.05) is 36.2 Å². The van der Waals surface area contributed by atoms with Crippen molar-refractivity contribution in [1.29, 1.82) is 0 Å². The second-order valence-corrected chi connectivity index (χ2v) is 7.26. The highest BCUT2D eigenvalue weighted by Gasteiger charge is 2.12. The van der Waals surface area contributed by atoms with E-state index in [0.717, 1.165) is 5.69 Å². The fourth-order valence-electron chi connectivity index (χ4n) is 3.03. The van der Waals surface area contributed by atoms with Crippen molar-refractivity contribution in [3.8, 4) is 11.5 Å². The second-order valence-electron chi connectivity index (χ2n) is 7.26. The molecule has 3 aromatic carbocycles. The van der Waals surface area contributed by atoms with Gasteiger partial charge >= 0.3 is 0 Å². The number of benzene rings is 3. The quantitative estimate of drug-likeness (QED) is 0.0913. The van der Waals surface area contributed by atoms with Crippen LogP contribution in [0.2, 0.25) is 0 Å². The number of non-ortho nitro benzene ring substituents is 1. The zero-order valence-electron chi connectivity index (χ0n) is 19.8. The predicted molar refractivity (Wildman–Crippen MR) is 135 cm³/mol. The molecule has 36 heavy (non-hydrogen) atoms. The van der Waals surface area contributed by atoms with Crippen molar-refractivity contribution >= 4 is 34.1 Å². The molecule has 0 heterocycles. The van der Waals surface area contributed by atoms with E-state index in [0.29, 0.717) is 47.3 Å². The van der Waals surface area contributed by atoms with Crippen LogP contribution in [0.5, 0.6) is 11.5 Å². The summed E-state index contributed by atoms with van der Waals surface area (Å²) in [6.45, 7) is 0.968. The van der Waals surface area contributed by atoms with Crippen molar-refractivity contribution in [2.75, 3.05) is 39.3 Å². The standard InChI is InChI=1S/C23H23N9O4/c1-31(13-12-25-30-24)18-8-4-16(5-9-18)26-28-20-14-23(36-3)21(15-22(20)35-2)29-27-17-6-10-19(11-7-17)32(33)34/h4-11,14-15H,12-13H2,1-3H3. The lowest BCUT2D eigenvalue weighted by Gasteiger charge is -2.17. The third kappa shape index (κ3) is 6.74. The van der Waals surface area contributed by atoms with Crippen LogP contribution >= 0.6 is 0 Å². The summed E-state index contributed by atoms with van der Waals surface area (Å²) in [5.74, 6) is 0.805. The fourth-order valence-corrected chi connectivity index (χ4v) is 3.03. The lowest BCUT2D eigenvalue weighted by molar-refractivity contribution is -0.384. The van der Waals surface area contributed by atoms with Gasteiger partial charge in [-0.1, -0.05) is 5.11 Å². The molecule has 0 unspecified atom stereocenters. The average molecular weight is 489 g/mol. The SMILES string of the molecule is COc1cc(N=Nc2ccc([N+](=O)[O-])cc2)c(OC)cc1N=Nc1ccc(N(C)CCN=[N+]=[N-])cc1. The molecule has 0 aliphatic heterocycles. The number of nitrogens with zero attached hydrogens (tertiary/aromatic N) is 9. The highest BCUT2D eigenvalue weighted by Crippen LogP contribution is 2.41. The Hall–Kier alpha value is -5.03. The Bertz CT molecular complexity index is 1300. The molecule has 3 aromatic rings. The normalized spacial score (nSPS) is 10.9. The largest absolute Gasteiger partial charge is 0.494 e. The summed E-state index contributed by atoms with van der Waals surface area (Å²) in [6.07, 6.45) is 0. The summed E-state index contributed by atoms with van der Waals surface area (Å²) in [6, 6.07) is 16.4. The number of likely N-dealkylation sites (N-methyl/N-ethyl adjacent to an activating group) is 1. The molecule has 0 bridgehead atoms. The minimum Gasteiger partial charge on any atom is -0.494 e. The summed E-state index contributed by atoms with van der Waals surface area (Å²) < 4.78 is 10.9. The summed E-state index contributed by atoms with van der Waals surface area (Å²) in [7, 11) is 4.89. The second kappa shape index (κ2) is 12.4. The van der Waals surface area contributed by atoms with Crippen LogP contribution in [0, 0.1) is 10.1 Å². The molecule has 3 rings (SSSR count). The van der Waals surface area contributed by atoms with E-state index in [2.05, 4.69) is 30.5 Å². The molecule has 0 aromatic heterocycles. The molecule has 13 heteroatoms. The molecule has 0 amide bonds. The minimum absolute atomic E-state index is 0.0325. The van der Waals surface area contributed by atoms with Crippen LogP contribution in [-0.2, 0) is 0 Å². The van der Waals surface area contributed by atoms with Gasteiger partial charge in [0.25, 0.3) is 5.69 Å². The van der Waals surface area contributed by atoms with Gasteiger partial charge in [-0.05, 0) is 41.9 Å². The third-order valence-corrected chi connectivity index (χ3v) is 4.98. The van der Waals surface area contributed by atoms with Gasteiger partial charge in [0.1, 0.15) is 22.9 Å². The van der Waals surface area contributed by atoms with Crippen molar-refractivity contribution in [3.63, 3.8) is 0 Å². The van der Waals surface area contributed by atoms with Crippen LogP contribution in [0.25, 0.3) is 10.4 Å². The predicted octanol–water partition coefficient (Wildman–Crippen LogP) is 7.19. The van der Waals surface area contributed by atoms with Gasteiger partial charge in [-0.3, -0.25) is 10.1 Å². The number of anilines is 1. The fraction of sp³-hybridized carbons (Fsp3) is 0.217. The Morgan fingerprint density at radius 3 is 1.83 bits per heavy atom. The minimum atomic E-state index is -0.483. The molecule has 0 aliphatic rings. The first-order valence-corrected chi connectivity index (χ1v) is 10.6. The van der Waals surface area contributed by atoms with Crippen LogP contribution in [0.3, 0.4) is 0 Å². The van der Waals surface area contributed by atoms with Gasteiger partial charge in [-0.25, -0.2) is 0 Å². The number of methoxy groups -OCH3 is 2. The molecule has 0 fully saturated rings. The lowest BCUT2D eigenvalue weighted by Crippen LogP contribution is -2.20. The van der Waals surface area contributed by atoms with Crippen molar-refractivity contribution in [1.82, 2.24) is 0 Å². The van der Waals surface area contributed by atoms with E-state index >= 15 is 0 Å². The summed E-state index contributed by atoms with van der Waals surface area (Å²) in [4.78, 5) is 15.0. The van der Waals surface area contributed by atoms with Gasteiger partial charge in [-0.15, -0.1) is 10.2 Å². The zero-order valence-corrected chi connectivity index (χ0v) is 19.8. The molecule has 0 N–H and O–H groups in total. The number of hydrogen-bond acceptors (Lipinski definition) is 10.